The molecule has 0 bridgehead atoms. The van der Waals surface area contributed by atoms with Crippen LogP contribution < -0.4 is 4.90 Å². The molecule has 0 amide bonds. The summed E-state index contributed by atoms with van der Waals surface area (Å²) in [5.74, 6) is 0. The van der Waals surface area contributed by atoms with Crippen molar-refractivity contribution in [1.29, 1.82) is 0 Å². The summed E-state index contributed by atoms with van der Waals surface area (Å²) in [5, 5.41) is 4.90. The third kappa shape index (κ3) is 7.37. The maximum absolute atomic E-state index is 2.43. The molecule has 0 N–H and O–H groups in total. The standard InChI is InChI=1S/C62H43N/c1-6-18-44(19-7-1)47-30-32-48(33-31-47)49-34-36-54(37-35-49)63(56-41-52(45-20-8-2-9-21-45)40-53(42-56)46-22-10-3-11-23-46)55-38-39-59-60(43-55)57-28-16-17-29-58(57)61(50-24-12-4-13-25-50)62(59)51-26-14-5-15-27-51/h1-43H. The van der Waals surface area contributed by atoms with Crippen LogP contribution in [0.2, 0.25) is 0 Å². The summed E-state index contributed by atoms with van der Waals surface area (Å²) >= 11 is 0. The zero-order chi connectivity index (χ0) is 42.0. The van der Waals surface area contributed by atoms with Crippen molar-refractivity contribution in [3.63, 3.8) is 0 Å². The minimum atomic E-state index is 1.08. The zero-order valence-corrected chi connectivity index (χ0v) is 34.8. The second-order valence-corrected chi connectivity index (χ2v) is 16.1. The van der Waals surface area contributed by atoms with Crippen molar-refractivity contribution in [2.24, 2.45) is 0 Å². The van der Waals surface area contributed by atoms with Crippen LogP contribution in [0.15, 0.2) is 261 Å². The Kier molecular flexibility index (Phi) is 9.97. The molecule has 0 fully saturated rings. The van der Waals surface area contributed by atoms with E-state index < -0.39 is 0 Å². The predicted octanol–water partition coefficient (Wildman–Crippen LogP) is 17.5. The Hall–Kier alpha value is -8.26. The second-order valence-electron chi connectivity index (χ2n) is 16.1. The molecule has 0 saturated carbocycles. The summed E-state index contributed by atoms with van der Waals surface area (Å²) in [7, 11) is 0. The first-order chi connectivity index (χ1) is 31.2. The zero-order valence-electron chi connectivity index (χ0n) is 34.8. The Balaban J connectivity index is 1.13. The summed E-state index contributed by atoms with van der Waals surface area (Å²) < 4.78 is 0. The van der Waals surface area contributed by atoms with Crippen LogP contribution in [-0.4, -0.2) is 0 Å². The molecule has 0 atom stereocenters. The number of anilines is 3. The Labute approximate surface area is 369 Å². The van der Waals surface area contributed by atoms with E-state index in [1.807, 2.05) is 0 Å². The Morgan fingerprint density at radius 1 is 0.175 bits per heavy atom. The number of fused-ring (bicyclic) bond motifs is 3. The first-order valence-electron chi connectivity index (χ1n) is 21.7. The van der Waals surface area contributed by atoms with E-state index in [2.05, 4.69) is 266 Å². The van der Waals surface area contributed by atoms with E-state index in [9.17, 15) is 0 Å². The van der Waals surface area contributed by atoms with Gasteiger partial charge in [-0.05, 0) is 131 Å². The fourth-order valence-electron chi connectivity index (χ4n) is 9.20. The molecule has 11 aromatic rings. The number of hydrogen-bond donors (Lipinski definition) is 0. The van der Waals surface area contributed by atoms with E-state index in [-0.39, 0.29) is 0 Å². The third-order valence-electron chi connectivity index (χ3n) is 12.2. The van der Waals surface area contributed by atoms with Crippen LogP contribution in [0.1, 0.15) is 0 Å². The van der Waals surface area contributed by atoms with E-state index in [0.29, 0.717) is 0 Å². The van der Waals surface area contributed by atoms with Gasteiger partial charge in [0.05, 0.1) is 0 Å². The van der Waals surface area contributed by atoms with Crippen LogP contribution in [0.4, 0.5) is 17.1 Å². The van der Waals surface area contributed by atoms with Gasteiger partial charge in [0, 0.05) is 17.1 Å². The van der Waals surface area contributed by atoms with E-state index in [4.69, 9.17) is 0 Å². The number of rotatable bonds is 9. The van der Waals surface area contributed by atoms with Crippen LogP contribution in [0.25, 0.3) is 88.3 Å². The molecular weight excluding hydrogens is 759 g/mol. The van der Waals surface area contributed by atoms with Crippen molar-refractivity contribution in [1.82, 2.24) is 0 Å². The smallest absolute Gasteiger partial charge is 0.0473 e. The SMILES string of the molecule is c1ccc(-c2ccc(-c3ccc(N(c4cc(-c5ccccc5)cc(-c5ccccc5)c4)c4ccc5c(-c6ccccc6)c(-c6ccccc6)c6ccccc6c5c4)cc3)cc2)cc1. The second kappa shape index (κ2) is 16.7. The first kappa shape index (κ1) is 37.7. The molecule has 0 aliphatic rings. The van der Waals surface area contributed by atoms with Gasteiger partial charge in [-0.15, -0.1) is 0 Å². The lowest BCUT2D eigenvalue weighted by Crippen LogP contribution is -2.10. The predicted molar refractivity (Wildman–Crippen MR) is 269 cm³/mol. The molecule has 0 radical (unpaired) electrons. The van der Waals surface area contributed by atoms with Gasteiger partial charge in [-0.1, -0.05) is 218 Å². The molecule has 0 saturated heterocycles. The lowest BCUT2D eigenvalue weighted by Gasteiger charge is -2.28. The molecule has 0 spiro atoms. The van der Waals surface area contributed by atoms with Gasteiger partial charge < -0.3 is 4.90 Å². The molecule has 0 heterocycles. The Bertz CT molecular complexity index is 3270. The molecule has 63 heavy (non-hydrogen) atoms. The highest BCUT2D eigenvalue weighted by Crippen LogP contribution is 2.47. The van der Waals surface area contributed by atoms with E-state index >= 15 is 0 Å². The van der Waals surface area contributed by atoms with Gasteiger partial charge in [0.1, 0.15) is 0 Å². The topological polar surface area (TPSA) is 3.24 Å². The Morgan fingerprint density at radius 2 is 0.508 bits per heavy atom. The largest absolute Gasteiger partial charge is 0.310 e. The minimum absolute atomic E-state index is 1.08. The number of hydrogen-bond acceptors (Lipinski definition) is 1. The lowest BCUT2D eigenvalue weighted by molar-refractivity contribution is 1.29. The summed E-state index contributed by atoms with van der Waals surface area (Å²) in [6.45, 7) is 0. The van der Waals surface area contributed by atoms with Gasteiger partial charge in [-0.25, -0.2) is 0 Å². The highest BCUT2D eigenvalue weighted by atomic mass is 15.1. The summed E-state index contributed by atoms with van der Waals surface area (Å²) in [4.78, 5) is 2.43. The summed E-state index contributed by atoms with van der Waals surface area (Å²) in [5.41, 5.74) is 17.6. The van der Waals surface area contributed by atoms with Crippen LogP contribution in [-0.2, 0) is 0 Å². The summed E-state index contributed by atoms with van der Waals surface area (Å²) in [6.07, 6.45) is 0. The molecule has 0 unspecified atom stereocenters. The van der Waals surface area contributed by atoms with Crippen molar-refractivity contribution in [3.05, 3.63) is 261 Å². The van der Waals surface area contributed by atoms with Crippen LogP contribution in [0.3, 0.4) is 0 Å². The van der Waals surface area contributed by atoms with Gasteiger partial charge in [-0.2, -0.15) is 0 Å². The van der Waals surface area contributed by atoms with E-state index in [0.717, 1.165) is 28.2 Å². The molecule has 1 heteroatoms. The average Bonchev–Trinajstić information content (AvgIpc) is 3.37. The van der Waals surface area contributed by atoms with Crippen molar-refractivity contribution in [2.45, 2.75) is 0 Å². The number of benzene rings is 11. The normalized spacial score (nSPS) is 11.2. The maximum atomic E-state index is 2.43. The highest BCUT2D eigenvalue weighted by molar-refractivity contribution is 6.22. The van der Waals surface area contributed by atoms with Crippen LogP contribution in [0, 0.1) is 0 Å². The fourth-order valence-corrected chi connectivity index (χ4v) is 9.20. The molecule has 1 nitrogen and oxygen atoms in total. The fraction of sp³-hybridized carbons (Fsp3) is 0. The van der Waals surface area contributed by atoms with Crippen molar-refractivity contribution in [3.8, 4) is 66.8 Å². The molecule has 0 aliphatic carbocycles. The Morgan fingerprint density at radius 3 is 0.968 bits per heavy atom. The van der Waals surface area contributed by atoms with Crippen molar-refractivity contribution >= 4 is 38.6 Å². The molecule has 11 rings (SSSR count). The van der Waals surface area contributed by atoms with Crippen molar-refractivity contribution < 1.29 is 0 Å². The van der Waals surface area contributed by atoms with Gasteiger partial charge in [0.2, 0.25) is 0 Å². The van der Waals surface area contributed by atoms with E-state index in [1.54, 1.807) is 0 Å². The highest BCUT2D eigenvalue weighted by Gasteiger charge is 2.21. The van der Waals surface area contributed by atoms with E-state index in [1.165, 1.54) is 77.2 Å². The molecule has 11 aromatic carbocycles. The molecular formula is C62H43N. The summed E-state index contributed by atoms with van der Waals surface area (Å²) in [6, 6.07) is 94.7. The van der Waals surface area contributed by atoms with Crippen molar-refractivity contribution in [2.75, 3.05) is 4.90 Å². The molecule has 0 aliphatic heterocycles. The minimum Gasteiger partial charge on any atom is -0.310 e. The third-order valence-corrected chi connectivity index (χ3v) is 12.2. The van der Waals surface area contributed by atoms with Crippen LogP contribution >= 0.6 is 0 Å². The van der Waals surface area contributed by atoms with Gasteiger partial charge in [0.25, 0.3) is 0 Å². The van der Waals surface area contributed by atoms with Crippen LogP contribution in [0.5, 0.6) is 0 Å². The van der Waals surface area contributed by atoms with Gasteiger partial charge in [0.15, 0.2) is 0 Å². The van der Waals surface area contributed by atoms with Gasteiger partial charge in [-0.3, -0.25) is 0 Å². The molecule has 296 valence electrons. The first-order valence-corrected chi connectivity index (χ1v) is 21.7. The number of nitrogens with zero attached hydrogens (tertiary/aromatic N) is 1. The monoisotopic (exact) mass is 801 g/mol. The van der Waals surface area contributed by atoms with Gasteiger partial charge >= 0.3 is 0 Å². The maximum Gasteiger partial charge on any atom is 0.0473 e. The molecule has 0 aromatic heterocycles. The average molecular weight is 802 g/mol. The lowest BCUT2D eigenvalue weighted by atomic mass is 9.85. The quantitative estimate of drug-likeness (QED) is 0.131.